The normalized spacial score (nSPS) is 11.4. The third kappa shape index (κ3) is 5.16. The lowest BCUT2D eigenvalue weighted by molar-refractivity contribution is 0.600. The molecular weight excluding hydrogens is 631 g/mol. The van der Waals surface area contributed by atoms with E-state index in [1.165, 1.54) is 31.1 Å². The largest absolute Gasteiger partial charge is 0.435 e. The molecule has 196 valence electrons. The van der Waals surface area contributed by atoms with Crippen molar-refractivity contribution in [1.29, 1.82) is 0 Å². The molecule has 0 bridgehead atoms. The van der Waals surface area contributed by atoms with Crippen molar-refractivity contribution in [3.63, 3.8) is 0 Å². The number of benzene rings is 6. The molecule has 0 aliphatic carbocycles. The topological polar surface area (TPSA) is 9.23 Å². The maximum atomic E-state index is 8.22. The molecular formula is C36H31IOSi2. The lowest BCUT2D eigenvalue weighted by atomic mass is 10.3. The lowest BCUT2D eigenvalue weighted by Gasteiger charge is -2.44. The van der Waals surface area contributed by atoms with E-state index in [1.807, 2.05) is 0 Å². The van der Waals surface area contributed by atoms with Crippen molar-refractivity contribution in [2.45, 2.75) is 0 Å². The molecule has 0 saturated carbocycles. The molecule has 0 radical (unpaired) electrons. The van der Waals surface area contributed by atoms with E-state index in [2.05, 4.69) is 182 Å². The van der Waals surface area contributed by atoms with E-state index in [1.54, 1.807) is 0 Å². The van der Waals surface area contributed by atoms with Gasteiger partial charge in [-0.3, -0.25) is 0 Å². The molecule has 0 heterocycles. The molecule has 0 aromatic heterocycles. The summed E-state index contributed by atoms with van der Waals surface area (Å²) in [5.74, 6) is 0. The van der Waals surface area contributed by atoms with Crippen molar-refractivity contribution >= 4 is 71.7 Å². The highest BCUT2D eigenvalue weighted by atomic mass is 127. The first-order valence-corrected chi connectivity index (χ1v) is 17.2. The summed E-state index contributed by atoms with van der Waals surface area (Å²) < 4.78 is 8.22. The van der Waals surface area contributed by atoms with Gasteiger partial charge in [-0.25, -0.2) is 0 Å². The Morgan fingerprint density at radius 1 is 0.250 bits per heavy atom. The summed E-state index contributed by atoms with van der Waals surface area (Å²) in [6.45, 7) is 0. The molecule has 40 heavy (non-hydrogen) atoms. The molecule has 0 spiro atoms. The van der Waals surface area contributed by atoms with Crippen LogP contribution in [0.2, 0.25) is 0 Å². The van der Waals surface area contributed by atoms with Crippen LogP contribution in [0.3, 0.4) is 0 Å². The van der Waals surface area contributed by atoms with Gasteiger partial charge < -0.3 is 4.12 Å². The first kappa shape index (κ1) is 28.0. The second-order valence-corrected chi connectivity index (χ2v) is 16.7. The SMILES string of the molecule is I.c1ccc([Si](O[Si](c2ccccc2)(c2ccccc2)c2ccccc2)(c2ccccc2)c2ccccc2)cc1. The molecule has 6 rings (SSSR count). The number of hydrogen-bond donors (Lipinski definition) is 0. The van der Waals surface area contributed by atoms with Crippen LogP contribution in [-0.4, -0.2) is 16.6 Å². The molecule has 0 aliphatic heterocycles. The summed E-state index contributed by atoms with van der Waals surface area (Å²) in [6, 6.07) is 65.3. The van der Waals surface area contributed by atoms with Crippen LogP contribution in [0.25, 0.3) is 0 Å². The zero-order chi connectivity index (χ0) is 26.4. The Hall–Kier alpha value is -3.56. The molecule has 0 aliphatic rings. The number of rotatable bonds is 8. The zero-order valence-electron chi connectivity index (χ0n) is 22.1. The monoisotopic (exact) mass is 662 g/mol. The minimum absolute atomic E-state index is 0. The van der Waals surface area contributed by atoms with Gasteiger partial charge in [0.15, 0.2) is 0 Å². The minimum atomic E-state index is -3.05. The average molecular weight is 663 g/mol. The Morgan fingerprint density at radius 3 is 0.550 bits per heavy atom. The Kier molecular flexibility index (Phi) is 8.92. The fraction of sp³-hybridized carbons (Fsp3) is 0. The maximum Gasteiger partial charge on any atom is 0.278 e. The van der Waals surface area contributed by atoms with Gasteiger partial charge in [0.1, 0.15) is 0 Å². The molecule has 0 atom stereocenters. The Balaban J connectivity index is 0.00000323. The van der Waals surface area contributed by atoms with Crippen molar-refractivity contribution in [1.82, 2.24) is 0 Å². The molecule has 0 N–H and O–H groups in total. The Morgan fingerprint density at radius 2 is 0.400 bits per heavy atom. The highest BCUT2D eigenvalue weighted by molar-refractivity contribution is 14.0. The average Bonchev–Trinajstić information content (AvgIpc) is 3.04. The van der Waals surface area contributed by atoms with Gasteiger partial charge in [0, 0.05) is 0 Å². The van der Waals surface area contributed by atoms with Gasteiger partial charge in [-0.05, 0) is 31.1 Å². The standard InChI is InChI=1S/C36H30OSi2.HI/c1-7-19-31(20-8-1)38(32-21-9-2-10-22-32,33-23-11-3-12-24-33)37-39(34-25-13-4-14-26-34,35-27-15-5-16-28-35)36-29-17-6-18-30-36;/h1-30H;1H. The van der Waals surface area contributed by atoms with Gasteiger partial charge >= 0.3 is 0 Å². The zero-order valence-corrected chi connectivity index (χ0v) is 26.5. The van der Waals surface area contributed by atoms with Crippen LogP contribution in [0, 0.1) is 0 Å². The molecule has 0 amide bonds. The van der Waals surface area contributed by atoms with Gasteiger partial charge in [0.2, 0.25) is 0 Å². The molecule has 4 heteroatoms. The maximum absolute atomic E-state index is 8.22. The third-order valence-electron chi connectivity index (χ3n) is 7.39. The first-order valence-electron chi connectivity index (χ1n) is 13.4. The van der Waals surface area contributed by atoms with Crippen LogP contribution in [-0.2, 0) is 4.12 Å². The van der Waals surface area contributed by atoms with Gasteiger partial charge in [0.05, 0.1) is 0 Å². The van der Waals surface area contributed by atoms with Crippen LogP contribution in [0.4, 0.5) is 0 Å². The highest BCUT2D eigenvalue weighted by Crippen LogP contribution is 2.19. The van der Waals surface area contributed by atoms with E-state index in [4.69, 9.17) is 4.12 Å². The van der Waals surface area contributed by atoms with E-state index in [-0.39, 0.29) is 24.0 Å². The van der Waals surface area contributed by atoms with E-state index >= 15 is 0 Å². The van der Waals surface area contributed by atoms with Crippen molar-refractivity contribution < 1.29 is 4.12 Å². The first-order chi connectivity index (χ1) is 19.3. The van der Waals surface area contributed by atoms with Crippen molar-refractivity contribution in [3.05, 3.63) is 182 Å². The quantitative estimate of drug-likeness (QED) is 0.127. The second-order valence-electron chi connectivity index (χ2n) is 9.66. The number of hydrogen-bond acceptors (Lipinski definition) is 1. The van der Waals surface area contributed by atoms with Crippen molar-refractivity contribution in [3.8, 4) is 0 Å². The summed E-state index contributed by atoms with van der Waals surface area (Å²) in [4.78, 5) is 0. The third-order valence-corrected chi connectivity index (χ3v) is 16.7. The van der Waals surface area contributed by atoms with E-state index < -0.39 is 16.6 Å². The van der Waals surface area contributed by atoms with Crippen molar-refractivity contribution in [2.24, 2.45) is 0 Å². The Labute approximate surface area is 256 Å². The van der Waals surface area contributed by atoms with E-state index in [0.29, 0.717) is 0 Å². The molecule has 6 aromatic rings. The van der Waals surface area contributed by atoms with Gasteiger partial charge in [-0.15, -0.1) is 24.0 Å². The molecule has 0 fully saturated rings. The Bertz CT molecular complexity index is 1280. The highest BCUT2D eigenvalue weighted by Gasteiger charge is 2.52. The van der Waals surface area contributed by atoms with Gasteiger partial charge in [-0.2, -0.15) is 0 Å². The van der Waals surface area contributed by atoms with Crippen LogP contribution >= 0.6 is 24.0 Å². The van der Waals surface area contributed by atoms with Crippen LogP contribution in [0.5, 0.6) is 0 Å². The molecule has 0 saturated heterocycles. The van der Waals surface area contributed by atoms with Gasteiger partial charge in [0.25, 0.3) is 16.6 Å². The smallest absolute Gasteiger partial charge is 0.278 e. The predicted octanol–water partition coefficient (Wildman–Crippen LogP) is 4.96. The summed E-state index contributed by atoms with van der Waals surface area (Å²) in [7, 11) is -6.09. The van der Waals surface area contributed by atoms with Crippen LogP contribution in [0.15, 0.2) is 182 Å². The summed E-state index contributed by atoms with van der Waals surface area (Å²) in [6.07, 6.45) is 0. The predicted molar refractivity (Wildman–Crippen MR) is 184 cm³/mol. The summed E-state index contributed by atoms with van der Waals surface area (Å²) >= 11 is 0. The fourth-order valence-corrected chi connectivity index (χ4v) is 16.3. The minimum Gasteiger partial charge on any atom is -0.435 e. The summed E-state index contributed by atoms with van der Waals surface area (Å²) in [5.41, 5.74) is 0. The van der Waals surface area contributed by atoms with E-state index in [9.17, 15) is 0 Å². The lowest BCUT2D eigenvalue weighted by Crippen LogP contribution is -2.81. The summed E-state index contributed by atoms with van der Waals surface area (Å²) in [5, 5.41) is 7.43. The molecule has 0 unspecified atom stereocenters. The second kappa shape index (κ2) is 12.7. The fourth-order valence-electron chi connectivity index (χ4n) is 5.62. The molecule has 6 aromatic carbocycles. The van der Waals surface area contributed by atoms with Crippen molar-refractivity contribution in [2.75, 3.05) is 0 Å². The van der Waals surface area contributed by atoms with Crippen LogP contribution < -0.4 is 31.1 Å². The van der Waals surface area contributed by atoms with Gasteiger partial charge in [-0.1, -0.05) is 182 Å². The molecule has 1 nitrogen and oxygen atoms in total. The number of halogens is 1. The van der Waals surface area contributed by atoms with E-state index in [0.717, 1.165) is 0 Å². The van der Waals surface area contributed by atoms with Crippen LogP contribution in [0.1, 0.15) is 0 Å².